The van der Waals surface area contributed by atoms with Gasteiger partial charge < -0.3 is 14.7 Å². The van der Waals surface area contributed by atoms with Gasteiger partial charge in [-0.25, -0.2) is 4.79 Å². The Morgan fingerprint density at radius 2 is 2.00 bits per heavy atom. The number of morpholine rings is 1. The summed E-state index contributed by atoms with van der Waals surface area (Å²) in [7, 11) is 0. The monoisotopic (exact) mass is 278 g/mol. The molecule has 0 aromatic carbocycles. The number of pyridine rings is 1. The van der Waals surface area contributed by atoms with E-state index in [1.807, 2.05) is 20.8 Å². The number of rotatable bonds is 2. The van der Waals surface area contributed by atoms with E-state index >= 15 is 0 Å². The maximum atomic E-state index is 12.2. The molecular weight excluding hydrogens is 260 g/mol. The molecule has 2 unspecified atom stereocenters. The van der Waals surface area contributed by atoms with Crippen molar-refractivity contribution in [2.75, 3.05) is 6.61 Å². The highest BCUT2D eigenvalue weighted by molar-refractivity contribution is 5.83. The van der Waals surface area contributed by atoms with Gasteiger partial charge in [-0.1, -0.05) is 0 Å². The number of hydrogen-bond donors (Lipinski definition) is 1. The van der Waals surface area contributed by atoms with Crippen molar-refractivity contribution in [3.8, 4) is 0 Å². The Labute approximate surface area is 117 Å². The van der Waals surface area contributed by atoms with E-state index in [4.69, 9.17) is 4.74 Å². The number of aromatic nitrogens is 1. The minimum absolute atomic E-state index is 0.211. The Kier molecular flexibility index (Phi) is 3.76. The molecule has 1 amide bonds. The number of carbonyl (C=O) groups is 2. The predicted octanol–water partition coefficient (Wildman–Crippen LogP) is 1.23. The summed E-state index contributed by atoms with van der Waals surface area (Å²) in [6.45, 7) is 5.42. The number of hydrogen-bond acceptors (Lipinski definition) is 4. The zero-order valence-electron chi connectivity index (χ0n) is 11.7. The van der Waals surface area contributed by atoms with E-state index in [2.05, 4.69) is 4.98 Å². The number of amides is 1. The van der Waals surface area contributed by atoms with Gasteiger partial charge in [0, 0.05) is 17.9 Å². The van der Waals surface area contributed by atoms with E-state index in [-0.39, 0.29) is 12.5 Å². The molecule has 0 aliphatic carbocycles. The van der Waals surface area contributed by atoms with Gasteiger partial charge in [-0.15, -0.1) is 0 Å². The fourth-order valence-electron chi connectivity index (χ4n) is 2.49. The van der Waals surface area contributed by atoms with Crippen LogP contribution in [-0.4, -0.2) is 45.1 Å². The molecule has 1 aliphatic heterocycles. The van der Waals surface area contributed by atoms with E-state index in [1.54, 1.807) is 29.4 Å². The largest absolute Gasteiger partial charge is 0.479 e. The summed E-state index contributed by atoms with van der Waals surface area (Å²) in [5, 5.41) is 9.36. The first-order chi connectivity index (χ1) is 9.32. The van der Waals surface area contributed by atoms with Crippen LogP contribution in [0.4, 0.5) is 0 Å². The van der Waals surface area contributed by atoms with Crippen LogP contribution in [-0.2, 0) is 14.3 Å². The van der Waals surface area contributed by atoms with Crippen molar-refractivity contribution >= 4 is 11.9 Å². The van der Waals surface area contributed by atoms with Crippen LogP contribution in [0, 0.1) is 0 Å². The van der Waals surface area contributed by atoms with Gasteiger partial charge in [0.15, 0.2) is 6.10 Å². The Hall–Kier alpha value is -1.95. The summed E-state index contributed by atoms with van der Waals surface area (Å²) >= 11 is 0. The fraction of sp³-hybridized carbons (Fsp3) is 0.500. The van der Waals surface area contributed by atoms with E-state index in [1.165, 1.54) is 0 Å². The van der Waals surface area contributed by atoms with Crippen LogP contribution in [0.3, 0.4) is 0 Å². The van der Waals surface area contributed by atoms with Crippen molar-refractivity contribution in [1.29, 1.82) is 0 Å². The van der Waals surface area contributed by atoms with E-state index in [0.29, 0.717) is 5.56 Å². The lowest BCUT2D eigenvalue weighted by molar-refractivity contribution is -0.179. The molecule has 108 valence electrons. The summed E-state index contributed by atoms with van der Waals surface area (Å²) in [6.07, 6.45) is 2.08. The van der Waals surface area contributed by atoms with Crippen LogP contribution in [0.25, 0.3) is 0 Å². The van der Waals surface area contributed by atoms with E-state index < -0.39 is 23.7 Å². The van der Waals surface area contributed by atoms with Crippen LogP contribution in [0.5, 0.6) is 0 Å². The average Bonchev–Trinajstić information content (AvgIpc) is 2.37. The van der Waals surface area contributed by atoms with Crippen LogP contribution >= 0.6 is 0 Å². The molecule has 20 heavy (non-hydrogen) atoms. The molecule has 2 atom stereocenters. The zero-order chi connectivity index (χ0) is 14.9. The quantitative estimate of drug-likeness (QED) is 0.880. The van der Waals surface area contributed by atoms with Crippen LogP contribution in [0.1, 0.15) is 32.4 Å². The van der Waals surface area contributed by atoms with Gasteiger partial charge in [0.2, 0.25) is 5.91 Å². The van der Waals surface area contributed by atoms with Crippen LogP contribution < -0.4 is 0 Å². The number of carboxylic acid groups (broad SMARTS) is 1. The minimum Gasteiger partial charge on any atom is -0.479 e. The van der Waals surface area contributed by atoms with Crippen molar-refractivity contribution in [2.24, 2.45) is 0 Å². The van der Waals surface area contributed by atoms with Gasteiger partial charge in [-0.3, -0.25) is 9.78 Å². The minimum atomic E-state index is -1.08. The summed E-state index contributed by atoms with van der Waals surface area (Å²) in [5.74, 6) is -1.29. The molecular formula is C14H18N2O4. The first-order valence-electron chi connectivity index (χ1n) is 6.39. The third-order valence-corrected chi connectivity index (χ3v) is 3.23. The molecule has 0 radical (unpaired) electrons. The lowest BCUT2D eigenvalue weighted by atomic mass is 9.93. The average molecular weight is 278 g/mol. The molecule has 6 nitrogen and oxygen atoms in total. The fourth-order valence-corrected chi connectivity index (χ4v) is 2.49. The second-order valence-corrected chi connectivity index (χ2v) is 5.73. The number of aliphatic carboxylic acids is 1. The highest BCUT2D eigenvalue weighted by Crippen LogP contribution is 2.35. The number of ether oxygens (including phenoxy) is 1. The highest BCUT2D eigenvalue weighted by Gasteiger charge is 2.45. The molecule has 6 heteroatoms. The standard InChI is InChI=1S/C14H18N2O4/c1-14(2,3)16-10(17)8-20-12(13(18)19)11(16)9-4-6-15-7-5-9/h4-7,11-12H,8H2,1-3H3,(H,18,19). The molecule has 0 saturated carbocycles. The van der Waals surface area contributed by atoms with Crippen molar-refractivity contribution in [3.63, 3.8) is 0 Å². The Balaban J connectivity index is 2.50. The maximum absolute atomic E-state index is 12.2. The highest BCUT2D eigenvalue weighted by atomic mass is 16.5. The van der Waals surface area contributed by atoms with Gasteiger partial charge in [-0.2, -0.15) is 0 Å². The third-order valence-electron chi connectivity index (χ3n) is 3.23. The second-order valence-electron chi connectivity index (χ2n) is 5.73. The summed E-state index contributed by atoms with van der Waals surface area (Å²) < 4.78 is 5.23. The second kappa shape index (κ2) is 5.20. The van der Waals surface area contributed by atoms with Gasteiger partial charge in [0.25, 0.3) is 0 Å². The molecule has 2 heterocycles. The van der Waals surface area contributed by atoms with Gasteiger partial charge >= 0.3 is 5.97 Å². The van der Waals surface area contributed by atoms with Gasteiger partial charge in [0.05, 0.1) is 6.04 Å². The van der Waals surface area contributed by atoms with Crippen LogP contribution in [0.15, 0.2) is 24.5 Å². The molecule has 1 saturated heterocycles. The molecule has 0 spiro atoms. The molecule has 1 N–H and O–H groups in total. The number of carboxylic acids is 1. The molecule has 1 aromatic heterocycles. The SMILES string of the molecule is CC(C)(C)N1C(=O)COC(C(=O)O)C1c1ccncc1. The zero-order valence-corrected chi connectivity index (χ0v) is 11.7. The Morgan fingerprint density at radius 3 is 2.50 bits per heavy atom. The van der Waals surface area contributed by atoms with Crippen molar-refractivity contribution in [1.82, 2.24) is 9.88 Å². The Morgan fingerprint density at radius 1 is 1.40 bits per heavy atom. The third kappa shape index (κ3) is 2.65. The molecule has 1 aliphatic rings. The van der Waals surface area contributed by atoms with E-state index in [0.717, 1.165) is 0 Å². The number of carbonyl (C=O) groups excluding carboxylic acids is 1. The van der Waals surface area contributed by atoms with E-state index in [9.17, 15) is 14.7 Å². The number of nitrogens with zero attached hydrogens (tertiary/aromatic N) is 2. The topological polar surface area (TPSA) is 79.7 Å². The normalized spacial score (nSPS) is 23.8. The smallest absolute Gasteiger partial charge is 0.335 e. The Bertz CT molecular complexity index is 510. The van der Waals surface area contributed by atoms with Gasteiger partial charge in [-0.05, 0) is 38.5 Å². The predicted molar refractivity (Wildman–Crippen MR) is 71.0 cm³/mol. The van der Waals surface area contributed by atoms with Crippen LogP contribution in [0.2, 0.25) is 0 Å². The lowest BCUT2D eigenvalue weighted by Crippen LogP contribution is -2.58. The summed E-state index contributed by atoms with van der Waals surface area (Å²) in [4.78, 5) is 29.1. The first kappa shape index (κ1) is 14.5. The first-order valence-corrected chi connectivity index (χ1v) is 6.39. The van der Waals surface area contributed by atoms with Crippen molar-refractivity contribution in [2.45, 2.75) is 38.5 Å². The van der Waals surface area contributed by atoms with Gasteiger partial charge in [0.1, 0.15) is 6.61 Å². The molecule has 1 aromatic rings. The summed E-state index contributed by atoms with van der Waals surface area (Å²) in [5.41, 5.74) is 0.207. The molecule has 2 rings (SSSR count). The summed E-state index contributed by atoms with van der Waals surface area (Å²) in [6, 6.07) is 2.76. The van der Waals surface area contributed by atoms with Crippen molar-refractivity contribution in [3.05, 3.63) is 30.1 Å². The molecule has 0 bridgehead atoms. The lowest BCUT2D eigenvalue weighted by Gasteiger charge is -2.46. The molecule has 1 fully saturated rings. The van der Waals surface area contributed by atoms with Crippen molar-refractivity contribution < 1.29 is 19.4 Å². The maximum Gasteiger partial charge on any atom is 0.335 e.